The molecule has 0 spiro atoms. The highest BCUT2D eigenvalue weighted by molar-refractivity contribution is 5.69. The van der Waals surface area contributed by atoms with Crippen LogP contribution in [0.3, 0.4) is 0 Å². The van der Waals surface area contributed by atoms with Gasteiger partial charge in [0, 0.05) is 0 Å². The topological polar surface area (TPSA) is 139 Å². The molecule has 1 saturated carbocycles. The van der Waals surface area contributed by atoms with Crippen LogP contribution in [0.4, 0.5) is 17.3 Å². The molecule has 0 amide bonds. The van der Waals surface area contributed by atoms with Gasteiger partial charge >= 0.3 is 5.69 Å². The summed E-state index contributed by atoms with van der Waals surface area (Å²) in [6, 6.07) is 0. The monoisotopic (exact) mass is 268 g/mol. The number of nitro groups is 1. The van der Waals surface area contributed by atoms with E-state index in [0.717, 1.165) is 25.7 Å². The van der Waals surface area contributed by atoms with Crippen LogP contribution >= 0.6 is 0 Å². The largest absolute Gasteiger partial charge is 0.394 e. The number of nitrogen functional groups attached to an aromatic ring is 1. The summed E-state index contributed by atoms with van der Waals surface area (Å²) in [4.78, 5) is 18.1. The smallest absolute Gasteiger partial charge is 0.354 e. The lowest BCUT2D eigenvalue weighted by Gasteiger charge is -2.28. The summed E-state index contributed by atoms with van der Waals surface area (Å²) in [6.07, 6.45) is 4.61. The van der Waals surface area contributed by atoms with Crippen LogP contribution in [-0.2, 0) is 0 Å². The molecule has 0 bridgehead atoms. The van der Waals surface area contributed by atoms with Crippen molar-refractivity contribution in [3.63, 3.8) is 0 Å². The highest BCUT2D eigenvalue weighted by Crippen LogP contribution is 2.36. The van der Waals surface area contributed by atoms with E-state index in [9.17, 15) is 15.2 Å². The first-order chi connectivity index (χ1) is 9.12. The fourth-order valence-electron chi connectivity index (χ4n) is 2.37. The SMILES string of the molecule is NNc1ncnc(NC2(CO)CCCC2)c1[N+](=O)[O-]. The Bertz CT molecular complexity index is 474. The third kappa shape index (κ3) is 2.56. The highest BCUT2D eigenvalue weighted by atomic mass is 16.6. The van der Waals surface area contributed by atoms with Crippen LogP contribution in [0.1, 0.15) is 25.7 Å². The van der Waals surface area contributed by atoms with Crippen molar-refractivity contribution in [1.82, 2.24) is 9.97 Å². The Morgan fingerprint density at radius 1 is 1.42 bits per heavy atom. The van der Waals surface area contributed by atoms with Crippen molar-refractivity contribution < 1.29 is 10.0 Å². The van der Waals surface area contributed by atoms with Gasteiger partial charge in [-0.2, -0.15) is 0 Å². The number of hydrogen-bond donors (Lipinski definition) is 4. The van der Waals surface area contributed by atoms with Gasteiger partial charge in [-0.25, -0.2) is 15.8 Å². The fourth-order valence-corrected chi connectivity index (χ4v) is 2.37. The molecule has 1 heterocycles. The van der Waals surface area contributed by atoms with E-state index in [2.05, 4.69) is 20.7 Å². The summed E-state index contributed by atoms with van der Waals surface area (Å²) in [5.41, 5.74) is 1.31. The van der Waals surface area contributed by atoms with Crippen molar-refractivity contribution in [2.24, 2.45) is 5.84 Å². The molecular formula is C10H16N6O3. The van der Waals surface area contributed by atoms with Crippen molar-refractivity contribution in [1.29, 1.82) is 0 Å². The minimum Gasteiger partial charge on any atom is -0.394 e. The van der Waals surface area contributed by atoms with Crippen LogP contribution in [-0.4, -0.2) is 32.1 Å². The van der Waals surface area contributed by atoms with Gasteiger partial charge in [0.15, 0.2) is 0 Å². The zero-order valence-electron chi connectivity index (χ0n) is 10.3. The first kappa shape index (κ1) is 13.4. The van der Waals surface area contributed by atoms with Gasteiger partial charge in [-0.1, -0.05) is 12.8 Å². The zero-order valence-corrected chi connectivity index (χ0v) is 10.3. The van der Waals surface area contributed by atoms with E-state index in [4.69, 9.17) is 5.84 Å². The maximum absolute atomic E-state index is 11.1. The number of hydrazine groups is 1. The number of rotatable bonds is 5. The molecule has 1 aliphatic rings. The second-order valence-corrected chi connectivity index (χ2v) is 4.59. The molecular weight excluding hydrogens is 252 g/mol. The van der Waals surface area contributed by atoms with Crippen LogP contribution in [0.2, 0.25) is 0 Å². The molecule has 0 unspecified atom stereocenters. The van der Waals surface area contributed by atoms with Gasteiger partial charge in [0.25, 0.3) is 0 Å². The molecule has 1 aromatic heterocycles. The number of aliphatic hydroxyl groups is 1. The van der Waals surface area contributed by atoms with Crippen molar-refractivity contribution in [3.8, 4) is 0 Å². The van der Waals surface area contributed by atoms with Crippen molar-refractivity contribution >= 4 is 17.3 Å². The number of nitrogens with one attached hydrogen (secondary N) is 2. The lowest BCUT2D eigenvalue weighted by molar-refractivity contribution is -0.383. The van der Waals surface area contributed by atoms with Crippen molar-refractivity contribution in [2.45, 2.75) is 31.2 Å². The molecule has 9 nitrogen and oxygen atoms in total. The quantitative estimate of drug-likeness (QED) is 0.341. The second-order valence-electron chi connectivity index (χ2n) is 4.59. The van der Waals surface area contributed by atoms with Crippen LogP contribution < -0.4 is 16.6 Å². The molecule has 1 aliphatic carbocycles. The van der Waals surface area contributed by atoms with Gasteiger partial charge in [-0.3, -0.25) is 10.1 Å². The molecule has 0 aromatic carbocycles. The third-order valence-corrected chi connectivity index (χ3v) is 3.39. The summed E-state index contributed by atoms with van der Waals surface area (Å²) in [5, 5.41) is 23.6. The van der Waals surface area contributed by atoms with Gasteiger partial charge in [-0.05, 0) is 12.8 Å². The lowest BCUT2D eigenvalue weighted by atomic mass is 9.99. The normalized spacial score (nSPS) is 17.2. The Labute approximate surface area is 109 Å². The van der Waals surface area contributed by atoms with Crippen LogP contribution in [0.15, 0.2) is 6.33 Å². The number of hydrogen-bond acceptors (Lipinski definition) is 8. The van der Waals surface area contributed by atoms with Crippen molar-refractivity contribution in [2.75, 3.05) is 17.3 Å². The van der Waals surface area contributed by atoms with Gasteiger partial charge in [0.2, 0.25) is 11.6 Å². The van der Waals surface area contributed by atoms with Crippen molar-refractivity contribution in [3.05, 3.63) is 16.4 Å². The predicted octanol–water partition coefficient (Wildman–Crippen LogP) is 0.387. The molecule has 0 radical (unpaired) electrons. The van der Waals surface area contributed by atoms with E-state index in [-0.39, 0.29) is 23.9 Å². The summed E-state index contributed by atoms with van der Waals surface area (Å²) >= 11 is 0. The highest BCUT2D eigenvalue weighted by Gasteiger charge is 2.36. The molecule has 1 fully saturated rings. The average Bonchev–Trinajstić information content (AvgIpc) is 2.87. The molecule has 1 aromatic rings. The molecule has 0 atom stereocenters. The first-order valence-electron chi connectivity index (χ1n) is 5.97. The average molecular weight is 268 g/mol. The molecule has 2 rings (SSSR count). The minimum atomic E-state index is -0.600. The third-order valence-electron chi connectivity index (χ3n) is 3.39. The Morgan fingerprint density at radius 3 is 2.58 bits per heavy atom. The zero-order chi connectivity index (χ0) is 13.9. The van der Waals surface area contributed by atoms with E-state index in [1.165, 1.54) is 6.33 Å². The van der Waals surface area contributed by atoms with Gasteiger partial charge in [0.05, 0.1) is 17.1 Å². The Morgan fingerprint density at radius 2 is 2.05 bits per heavy atom. The summed E-state index contributed by atoms with van der Waals surface area (Å²) in [6.45, 7) is -0.0977. The molecule has 5 N–H and O–H groups in total. The predicted molar refractivity (Wildman–Crippen MR) is 68.4 cm³/mol. The number of aromatic nitrogens is 2. The van der Waals surface area contributed by atoms with Gasteiger partial charge in [-0.15, -0.1) is 0 Å². The van der Waals surface area contributed by atoms with Crippen LogP contribution in [0.25, 0.3) is 0 Å². The lowest BCUT2D eigenvalue weighted by Crippen LogP contribution is -2.39. The number of nitrogens with two attached hydrogens (primary N) is 1. The van der Waals surface area contributed by atoms with E-state index in [0.29, 0.717) is 0 Å². The van der Waals surface area contributed by atoms with Gasteiger partial charge in [0.1, 0.15) is 6.33 Å². The molecule has 9 heteroatoms. The number of nitrogens with zero attached hydrogens (tertiary/aromatic N) is 3. The fraction of sp³-hybridized carbons (Fsp3) is 0.600. The summed E-state index contributed by atoms with van der Waals surface area (Å²) < 4.78 is 0. The summed E-state index contributed by atoms with van der Waals surface area (Å²) in [5.74, 6) is 5.22. The Kier molecular flexibility index (Phi) is 3.76. The Balaban J connectivity index is 2.36. The first-order valence-corrected chi connectivity index (χ1v) is 5.97. The maximum Gasteiger partial charge on any atom is 0.354 e. The Hall–Kier alpha value is -2.00. The van der Waals surface area contributed by atoms with Crippen LogP contribution in [0.5, 0.6) is 0 Å². The van der Waals surface area contributed by atoms with E-state index >= 15 is 0 Å². The molecule has 19 heavy (non-hydrogen) atoms. The van der Waals surface area contributed by atoms with Gasteiger partial charge < -0.3 is 15.8 Å². The van der Waals surface area contributed by atoms with E-state index < -0.39 is 10.5 Å². The van der Waals surface area contributed by atoms with E-state index in [1.807, 2.05) is 0 Å². The van der Waals surface area contributed by atoms with E-state index in [1.54, 1.807) is 0 Å². The standard InChI is InChI=1S/C10H16N6O3/c11-15-9-7(16(18)19)8(12-6-13-9)14-10(5-17)3-1-2-4-10/h6,17H,1-5,11H2,(H2,12,13,14,15). The van der Waals surface area contributed by atoms with Crippen LogP contribution in [0, 0.1) is 10.1 Å². The maximum atomic E-state index is 11.1. The molecule has 0 saturated heterocycles. The number of aliphatic hydroxyl groups excluding tert-OH is 1. The molecule has 104 valence electrons. The number of anilines is 2. The molecule has 0 aliphatic heterocycles. The second kappa shape index (κ2) is 5.33. The minimum absolute atomic E-state index is 0.0615. The summed E-state index contributed by atoms with van der Waals surface area (Å²) in [7, 11) is 0.